The van der Waals surface area contributed by atoms with E-state index in [4.69, 9.17) is 33.9 Å². The summed E-state index contributed by atoms with van der Waals surface area (Å²) in [5.41, 5.74) is 0.623. The number of hydrogen-bond acceptors (Lipinski definition) is 3. The lowest BCUT2D eigenvalue weighted by atomic mass is 10.2. The van der Waals surface area contributed by atoms with Crippen molar-refractivity contribution in [2.45, 2.75) is 4.90 Å². The highest BCUT2D eigenvalue weighted by atomic mass is 35.7. The van der Waals surface area contributed by atoms with Crippen molar-refractivity contribution in [3.05, 3.63) is 58.1 Å². The Labute approximate surface area is 136 Å². The van der Waals surface area contributed by atoms with Gasteiger partial charge >= 0.3 is 0 Å². The highest BCUT2D eigenvalue weighted by Crippen LogP contribution is 2.27. The molecule has 8 heteroatoms. The monoisotopic (exact) mass is 363 g/mol. The first-order valence-corrected chi connectivity index (χ1v) is 8.65. The van der Waals surface area contributed by atoms with Crippen molar-refractivity contribution in [2.75, 3.05) is 5.32 Å². The van der Waals surface area contributed by atoms with Crippen LogP contribution in [-0.2, 0) is 9.05 Å². The zero-order valence-corrected chi connectivity index (χ0v) is 13.4. The maximum Gasteiger partial charge on any atom is 0.261 e. The Morgan fingerprint density at radius 3 is 2.33 bits per heavy atom. The fourth-order valence-corrected chi connectivity index (χ4v) is 2.83. The van der Waals surface area contributed by atoms with E-state index in [1.54, 1.807) is 18.2 Å². The fraction of sp³-hybridized carbons (Fsp3) is 0. The van der Waals surface area contributed by atoms with Gasteiger partial charge in [0.2, 0.25) is 0 Å². The van der Waals surface area contributed by atoms with Crippen LogP contribution < -0.4 is 5.32 Å². The molecule has 0 unspecified atom stereocenters. The highest BCUT2D eigenvalue weighted by Gasteiger charge is 2.14. The number of carbonyl (C=O) groups is 1. The smallest absolute Gasteiger partial charge is 0.261 e. The molecule has 0 saturated carbocycles. The molecule has 1 N–H and O–H groups in total. The van der Waals surface area contributed by atoms with E-state index in [1.807, 2.05) is 0 Å². The zero-order chi connectivity index (χ0) is 15.6. The first kappa shape index (κ1) is 16.1. The van der Waals surface area contributed by atoms with Crippen LogP contribution in [0, 0.1) is 0 Å². The molecule has 0 aliphatic carbocycles. The summed E-state index contributed by atoms with van der Waals surface area (Å²) in [6.45, 7) is 0. The van der Waals surface area contributed by atoms with Gasteiger partial charge in [0.1, 0.15) is 0 Å². The summed E-state index contributed by atoms with van der Waals surface area (Å²) in [6, 6.07) is 10.2. The van der Waals surface area contributed by atoms with Crippen molar-refractivity contribution in [1.29, 1.82) is 0 Å². The Kier molecular flexibility index (Phi) is 4.78. The molecule has 4 nitrogen and oxygen atoms in total. The quantitative estimate of drug-likeness (QED) is 0.831. The topological polar surface area (TPSA) is 63.2 Å². The van der Waals surface area contributed by atoms with Gasteiger partial charge in [0.25, 0.3) is 15.0 Å². The summed E-state index contributed by atoms with van der Waals surface area (Å²) in [4.78, 5) is 11.9. The summed E-state index contributed by atoms with van der Waals surface area (Å²) in [5.74, 6) is -0.416. The Morgan fingerprint density at radius 2 is 1.76 bits per heavy atom. The van der Waals surface area contributed by atoms with Crippen molar-refractivity contribution in [3.63, 3.8) is 0 Å². The first-order chi connectivity index (χ1) is 9.77. The molecule has 110 valence electrons. The van der Waals surface area contributed by atoms with Crippen LogP contribution in [0.4, 0.5) is 5.69 Å². The molecule has 0 spiro atoms. The van der Waals surface area contributed by atoms with E-state index >= 15 is 0 Å². The number of anilines is 1. The van der Waals surface area contributed by atoms with Crippen LogP contribution in [0.15, 0.2) is 47.4 Å². The first-order valence-electron chi connectivity index (χ1n) is 5.58. The lowest BCUT2D eigenvalue weighted by molar-refractivity contribution is 0.102. The molecule has 2 aromatic carbocycles. The number of halogens is 3. The molecule has 0 aliphatic heterocycles. The lowest BCUT2D eigenvalue weighted by Gasteiger charge is -2.08. The molecular weight excluding hydrogens is 357 g/mol. The van der Waals surface area contributed by atoms with Crippen LogP contribution in [0.2, 0.25) is 10.0 Å². The van der Waals surface area contributed by atoms with Crippen molar-refractivity contribution in [2.24, 2.45) is 0 Å². The Morgan fingerprint density at radius 1 is 1.05 bits per heavy atom. The second-order valence-corrected chi connectivity index (χ2v) is 7.45. The van der Waals surface area contributed by atoms with Crippen LogP contribution in [0.1, 0.15) is 10.4 Å². The third-order valence-electron chi connectivity index (χ3n) is 2.56. The van der Waals surface area contributed by atoms with Crippen LogP contribution in [0.25, 0.3) is 0 Å². The van der Waals surface area contributed by atoms with Crippen molar-refractivity contribution in [1.82, 2.24) is 0 Å². The molecule has 0 saturated heterocycles. The van der Waals surface area contributed by atoms with Crippen molar-refractivity contribution < 1.29 is 13.2 Å². The van der Waals surface area contributed by atoms with E-state index in [0.29, 0.717) is 10.6 Å². The SMILES string of the molecule is O=C(Nc1ccc(S(=O)(=O)Cl)cc1Cl)c1cccc(Cl)c1. The number of carbonyl (C=O) groups excluding carboxylic acids is 1. The van der Waals surface area contributed by atoms with Crippen LogP contribution in [0.3, 0.4) is 0 Å². The number of amides is 1. The molecule has 21 heavy (non-hydrogen) atoms. The summed E-state index contributed by atoms with van der Waals surface area (Å²) >= 11 is 11.7. The molecule has 0 bridgehead atoms. The van der Waals surface area contributed by atoms with Crippen LogP contribution in [0.5, 0.6) is 0 Å². The summed E-state index contributed by atoms with van der Waals surface area (Å²) in [5, 5.41) is 3.06. The van der Waals surface area contributed by atoms with E-state index in [2.05, 4.69) is 5.32 Å². The van der Waals surface area contributed by atoms with Gasteiger partial charge in [-0.25, -0.2) is 8.42 Å². The highest BCUT2D eigenvalue weighted by molar-refractivity contribution is 8.13. The molecule has 0 fully saturated rings. The summed E-state index contributed by atoms with van der Waals surface area (Å²) in [6.07, 6.45) is 0. The minimum absolute atomic E-state index is 0.0621. The minimum Gasteiger partial charge on any atom is -0.321 e. The third kappa shape index (κ3) is 4.11. The second-order valence-electron chi connectivity index (χ2n) is 4.04. The van der Waals surface area contributed by atoms with Gasteiger partial charge in [-0.3, -0.25) is 4.79 Å². The second kappa shape index (κ2) is 6.23. The van der Waals surface area contributed by atoms with Crippen LogP contribution >= 0.6 is 33.9 Å². The van der Waals surface area contributed by atoms with Crippen molar-refractivity contribution >= 4 is 54.5 Å². The standard InChI is InChI=1S/C13H8Cl3NO3S/c14-9-3-1-2-8(6-9)13(18)17-12-5-4-10(7-11(12)15)21(16,19)20/h1-7H,(H,17,18). The molecule has 0 atom stereocenters. The number of hydrogen-bond donors (Lipinski definition) is 1. The Hall–Kier alpha value is -1.27. The predicted molar refractivity (Wildman–Crippen MR) is 83.9 cm³/mol. The summed E-state index contributed by atoms with van der Waals surface area (Å²) in [7, 11) is 1.34. The molecule has 1 amide bonds. The maximum atomic E-state index is 12.0. The van der Waals surface area contributed by atoms with Gasteiger partial charge in [0.15, 0.2) is 0 Å². The lowest BCUT2D eigenvalue weighted by Crippen LogP contribution is -2.12. The maximum absolute atomic E-state index is 12.0. The van der Waals surface area contributed by atoms with E-state index in [-0.39, 0.29) is 15.6 Å². The van der Waals surface area contributed by atoms with Gasteiger partial charge in [0.05, 0.1) is 15.6 Å². The normalized spacial score (nSPS) is 11.2. The Balaban J connectivity index is 2.26. The van der Waals surface area contributed by atoms with Gasteiger partial charge in [-0.15, -0.1) is 0 Å². The van der Waals surface area contributed by atoms with E-state index in [9.17, 15) is 13.2 Å². The average molecular weight is 365 g/mol. The molecule has 0 radical (unpaired) electrons. The summed E-state index contributed by atoms with van der Waals surface area (Å²) < 4.78 is 22.4. The number of benzene rings is 2. The molecular formula is C13H8Cl3NO3S. The third-order valence-corrected chi connectivity index (χ3v) is 4.46. The minimum atomic E-state index is -3.87. The van der Waals surface area contributed by atoms with E-state index < -0.39 is 15.0 Å². The number of rotatable bonds is 3. The van der Waals surface area contributed by atoms with Gasteiger partial charge in [0, 0.05) is 21.3 Å². The van der Waals surface area contributed by atoms with Gasteiger partial charge < -0.3 is 5.32 Å². The number of nitrogens with one attached hydrogen (secondary N) is 1. The molecule has 0 aliphatic rings. The van der Waals surface area contributed by atoms with Crippen molar-refractivity contribution in [3.8, 4) is 0 Å². The average Bonchev–Trinajstić information content (AvgIpc) is 2.39. The molecule has 0 aromatic heterocycles. The van der Waals surface area contributed by atoms with E-state index in [0.717, 1.165) is 6.07 Å². The fourth-order valence-electron chi connectivity index (χ4n) is 1.57. The zero-order valence-electron chi connectivity index (χ0n) is 10.3. The predicted octanol–water partition coefficient (Wildman–Crippen LogP) is 4.17. The molecule has 2 rings (SSSR count). The Bertz CT molecular complexity index is 806. The van der Waals surface area contributed by atoms with Crippen LogP contribution in [-0.4, -0.2) is 14.3 Å². The van der Waals surface area contributed by atoms with E-state index in [1.165, 1.54) is 18.2 Å². The van der Waals surface area contributed by atoms with Gasteiger partial charge in [-0.1, -0.05) is 29.3 Å². The van der Waals surface area contributed by atoms with Gasteiger partial charge in [-0.2, -0.15) is 0 Å². The largest absolute Gasteiger partial charge is 0.321 e. The van der Waals surface area contributed by atoms with Gasteiger partial charge in [-0.05, 0) is 36.4 Å². The molecule has 0 heterocycles. The molecule has 2 aromatic rings.